The highest BCUT2D eigenvalue weighted by Gasteiger charge is 2.22. The van der Waals surface area contributed by atoms with E-state index in [9.17, 15) is 0 Å². The van der Waals surface area contributed by atoms with Crippen molar-refractivity contribution in [1.82, 2.24) is 0 Å². The predicted octanol–water partition coefficient (Wildman–Crippen LogP) is 10.2. The van der Waals surface area contributed by atoms with Crippen molar-refractivity contribution in [2.75, 3.05) is 5.75 Å². The number of hydrogen-bond donors (Lipinski definition) is 0. The van der Waals surface area contributed by atoms with Gasteiger partial charge in [-0.25, -0.2) is 0 Å². The summed E-state index contributed by atoms with van der Waals surface area (Å²) in [4.78, 5) is 0. The number of thioether (sulfide) groups is 1. The van der Waals surface area contributed by atoms with Crippen LogP contribution in [0.25, 0.3) is 22.8 Å². The molecule has 0 fully saturated rings. The largest absolute Gasteiger partial charge is 0.457 e. The molecule has 0 bridgehead atoms. The second-order valence-corrected chi connectivity index (χ2v) is 11.0. The normalized spacial score (nSPS) is 14.8. The van der Waals surface area contributed by atoms with Crippen LogP contribution in [0.4, 0.5) is 0 Å². The summed E-state index contributed by atoms with van der Waals surface area (Å²) in [5, 5.41) is 2.81. The molecule has 1 heterocycles. The van der Waals surface area contributed by atoms with Crippen LogP contribution in [-0.4, -0.2) is 5.75 Å². The van der Waals surface area contributed by atoms with E-state index in [-0.39, 0.29) is 0 Å². The Labute approximate surface area is 234 Å². The smallest absolute Gasteiger partial charge is 0.127 e. The lowest BCUT2D eigenvalue weighted by molar-refractivity contribution is 0.482. The van der Waals surface area contributed by atoms with Gasteiger partial charge in [0, 0.05) is 10.8 Å². The van der Waals surface area contributed by atoms with Crippen LogP contribution < -0.4 is 4.74 Å². The van der Waals surface area contributed by atoms with E-state index in [1.165, 1.54) is 33.4 Å². The number of fused-ring (bicyclic) bond motifs is 5. The molecule has 0 saturated carbocycles. The van der Waals surface area contributed by atoms with Gasteiger partial charge in [-0.1, -0.05) is 84.4 Å². The van der Waals surface area contributed by atoms with Crippen LogP contribution in [-0.2, 0) is 19.3 Å². The fraction of sp³-hybridized carbons (Fsp3) is 0.143. The molecule has 0 atom stereocenters. The Morgan fingerprint density at radius 2 is 1.42 bits per heavy atom. The summed E-state index contributed by atoms with van der Waals surface area (Å²) in [5.41, 5.74) is 11.5. The average molecular weight is 533 g/mol. The van der Waals surface area contributed by atoms with Crippen molar-refractivity contribution in [3.05, 3.63) is 141 Å². The molecule has 7 rings (SSSR count). The molecule has 0 unspecified atom stereocenters. The molecule has 0 amide bonds. The highest BCUT2D eigenvalue weighted by Crippen LogP contribution is 2.40. The lowest BCUT2D eigenvalue weighted by Gasteiger charge is -2.26. The molecular weight excluding hydrogens is 504 g/mol. The topological polar surface area (TPSA) is 9.23 Å². The Hall–Kier alpha value is -3.46. The average Bonchev–Trinajstić information content (AvgIpc) is 2.99. The molecule has 3 heteroatoms. The molecule has 188 valence electrons. The molecule has 4 aromatic rings. The second-order valence-electron chi connectivity index (χ2n) is 9.66. The SMILES string of the molecule is C1=CCSC=C1.Clc1ccc(Oc2ccc(C3=Cc4ccc5c(c4CC3)CCc3ccccc3-5)cc2)cc1. The van der Waals surface area contributed by atoms with Gasteiger partial charge in [0.05, 0.1) is 0 Å². The maximum atomic E-state index is 5.96. The molecule has 4 aromatic carbocycles. The van der Waals surface area contributed by atoms with Crippen molar-refractivity contribution < 1.29 is 4.74 Å². The first-order chi connectivity index (χ1) is 18.7. The first kappa shape index (κ1) is 24.9. The summed E-state index contributed by atoms with van der Waals surface area (Å²) in [7, 11) is 0. The van der Waals surface area contributed by atoms with Crippen LogP contribution in [0.2, 0.25) is 5.02 Å². The number of benzene rings is 4. The molecule has 38 heavy (non-hydrogen) atoms. The highest BCUT2D eigenvalue weighted by molar-refractivity contribution is 8.02. The van der Waals surface area contributed by atoms with E-state index in [1.54, 1.807) is 11.1 Å². The third kappa shape index (κ3) is 5.53. The maximum Gasteiger partial charge on any atom is 0.127 e. The summed E-state index contributed by atoms with van der Waals surface area (Å²) in [6.07, 6.45) is 13.1. The number of aryl methyl sites for hydroxylation is 1. The minimum Gasteiger partial charge on any atom is -0.457 e. The minimum atomic E-state index is 0.711. The van der Waals surface area contributed by atoms with E-state index in [2.05, 4.69) is 72.2 Å². The van der Waals surface area contributed by atoms with Gasteiger partial charge < -0.3 is 4.74 Å². The zero-order valence-corrected chi connectivity index (χ0v) is 22.8. The lowest BCUT2D eigenvalue weighted by atomic mass is 9.78. The van der Waals surface area contributed by atoms with Crippen molar-refractivity contribution >= 4 is 35.0 Å². The van der Waals surface area contributed by atoms with Crippen molar-refractivity contribution in [2.45, 2.75) is 25.7 Å². The van der Waals surface area contributed by atoms with Gasteiger partial charge >= 0.3 is 0 Å². The molecule has 0 spiro atoms. The van der Waals surface area contributed by atoms with Crippen LogP contribution in [0.15, 0.2) is 109 Å². The number of rotatable bonds is 3. The van der Waals surface area contributed by atoms with Gasteiger partial charge in [-0.15, -0.1) is 11.8 Å². The first-order valence-electron chi connectivity index (χ1n) is 13.2. The molecule has 0 aromatic heterocycles. The lowest BCUT2D eigenvalue weighted by Crippen LogP contribution is -2.10. The van der Waals surface area contributed by atoms with E-state index in [4.69, 9.17) is 16.3 Å². The Balaban J connectivity index is 0.000000390. The summed E-state index contributed by atoms with van der Waals surface area (Å²) < 4.78 is 5.94. The van der Waals surface area contributed by atoms with Crippen molar-refractivity contribution in [3.63, 3.8) is 0 Å². The monoisotopic (exact) mass is 532 g/mol. The highest BCUT2D eigenvalue weighted by atomic mass is 35.5. The standard InChI is InChI=1S/C30H23ClO.C5H6S/c31-24-10-14-26(15-11-24)32-25-12-5-20(6-13-25)22-8-16-28-23(19-22)9-18-29-27-4-2-1-3-21(27)7-17-30(28)29;1-2-4-6-5-3-1/h1-6,9-15,18-19H,7-8,16-17H2;1-4H,5H2. The summed E-state index contributed by atoms with van der Waals surface area (Å²) in [5.74, 6) is 2.77. The van der Waals surface area contributed by atoms with Gasteiger partial charge in [0.2, 0.25) is 0 Å². The third-order valence-electron chi connectivity index (χ3n) is 7.28. The Morgan fingerprint density at radius 3 is 2.13 bits per heavy atom. The van der Waals surface area contributed by atoms with E-state index >= 15 is 0 Å². The van der Waals surface area contributed by atoms with Gasteiger partial charge in [0.15, 0.2) is 0 Å². The van der Waals surface area contributed by atoms with Crippen LogP contribution >= 0.6 is 23.4 Å². The summed E-state index contributed by atoms with van der Waals surface area (Å²) in [6.45, 7) is 0. The summed E-state index contributed by atoms with van der Waals surface area (Å²) in [6, 6.07) is 29.4. The third-order valence-corrected chi connectivity index (χ3v) is 8.27. The predicted molar refractivity (Wildman–Crippen MR) is 164 cm³/mol. The van der Waals surface area contributed by atoms with Crippen LogP contribution in [0.5, 0.6) is 11.5 Å². The molecular formula is C35H29ClOS. The van der Waals surface area contributed by atoms with Crippen LogP contribution in [0.3, 0.4) is 0 Å². The number of halogens is 1. The number of hydrogen-bond acceptors (Lipinski definition) is 2. The maximum absolute atomic E-state index is 5.96. The molecule has 1 aliphatic heterocycles. The van der Waals surface area contributed by atoms with Crippen molar-refractivity contribution in [3.8, 4) is 22.6 Å². The second kappa shape index (κ2) is 11.5. The fourth-order valence-corrected chi connectivity index (χ4v) is 6.07. The van der Waals surface area contributed by atoms with Crippen molar-refractivity contribution in [1.29, 1.82) is 0 Å². The van der Waals surface area contributed by atoms with Gasteiger partial charge in [-0.05, 0) is 112 Å². The van der Waals surface area contributed by atoms with Gasteiger partial charge in [0.1, 0.15) is 11.5 Å². The Kier molecular flexibility index (Phi) is 7.53. The van der Waals surface area contributed by atoms with Gasteiger partial charge in [-0.3, -0.25) is 0 Å². The molecule has 0 saturated heterocycles. The number of allylic oxidation sites excluding steroid dienone is 3. The van der Waals surface area contributed by atoms with E-state index < -0.39 is 0 Å². The van der Waals surface area contributed by atoms with Crippen molar-refractivity contribution in [2.24, 2.45) is 0 Å². The Morgan fingerprint density at radius 1 is 0.658 bits per heavy atom. The van der Waals surface area contributed by atoms with E-state index in [0.29, 0.717) is 5.02 Å². The molecule has 0 N–H and O–H groups in total. The van der Waals surface area contributed by atoms with Gasteiger partial charge in [-0.2, -0.15) is 0 Å². The summed E-state index contributed by atoms with van der Waals surface area (Å²) >= 11 is 7.78. The zero-order valence-electron chi connectivity index (χ0n) is 21.2. The van der Waals surface area contributed by atoms with Crippen LogP contribution in [0.1, 0.15) is 34.2 Å². The quantitative estimate of drug-likeness (QED) is 0.259. The molecule has 0 radical (unpaired) electrons. The van der Waals surface area contributed by atoms with E-state index in [0.717, 1.165) is 42.9 Å². The molecule has 3 aliphatic rings. The molecule has 2 aliphatic carbocycles. The first-order valence-corrected chi connectivity index (χ1v) is 14.6. The minimum absolute atomic E-state index is 0.711. The number of ether oxygens (including phenoxy) is 1. The fourth-order valence-electron chi connectivity index (χ4n) is 5.41. The van der Waals surface area contributed by atoms with Gasteiger partial charge in [0.25, 0.3) is 0 Å². The van der Waals surface area contributed by atoms with Crippen LogP contribution in [0, 0.1) is 0 Å². The zero-order chi connectivity index (χ0) is 25.7. The van der Waals surface area contributed by atoms with E-state index in [1.807, 2.05) is 54.2 Å². The molecule has 1 nitrogen and oxygen atoms in total. The Bertz CT molecular complexity index is 1520.